The van der Waals surface area contributed by atoms with E-state index >= 15 is 0 Å². The molecule has 0 fully saturated rings. The zero-order valence-corrected chi connectivity index (χ0v) is 10.7. The van der Waals surface area contributed by atoms with Crippen molar-refractivity contribution in [3.63, 3.8) is 0 Å². The van der Waals surface area contributed by atoms with Gasteiger partial charge in [-0.3, -0.25) is 0 Å². The molecule has 1 atom stereocenters. The van der Waals surface area contributed by atoms with Crippen LogP contribution < -0.4 is 10.5 Å². The molecule has 0 bridgehead atoms. The van der Waals surface area contributed by atoms with Crippen LogP contribution in [0.1, 0.15) is 18.9 Å². The Hall–Kier alpha value is -1.27. The Bertz CT molecular complexity index is 382. The lowest BCUT2D eigenvalue weighted by Gasteiger charge is -2.17. The quantitative estimate of drug-likeness (QED) is 0.833. The van der Waals surface area contributed by atoms with E-state index in [0.717, 1.165) is 6.07 Å². The Balaban J connectivity index is 2.58. The van der Waals surface area contributed by atoms with Crippen molar-refractivity contribution in [2.45, 2.75) is 25.6 Å². The minimum absolute atomic E-state index is 0.134. The number of benzene rings is 1. The summed E-state index contributed by atoms with van der Waals surface area (Å²) in [5.74, 6) is -0.165. The largest absolute Gasteiger partial charge is 0.493 e. The van der Waals surface area contributed by atoms with Gasteiger partial charge < -0.3 is 15.2 Å². The fourth-order valence-corrected chi connectivity index (χ4v) is 1.63. The highest BCUT2D eigenvalue weighted by molar-refractivity contribution is 5.35. The average Bonchev–Trinajstić information content (AvgIpc) is 2.37. The van der Waals surface area contributed by atoms with E-state index < -0.39 is 11.7 Å². The third-order valence-electron chi connectivity index (χ3n) is 2.56. The number of ether oxygens (including phenoxy) is 2. The van der Waals surface area contributed by atoms with E-state index in [1.807, 2.05) is 6.92 Å². The summed E-state index contributed by atoms with van der Waals surface area (Å²) >= 11 is 0. The molecule has 0 radical (unpaired) electrons. The van der Waals surface area contributed by atoms with Gasteiger partial charge in [0.05, 0.1) is 18.3 Å². The van der Waals surface area contributed by atoms with E-state index in [1.165, 1.54) is 18.2 Å². The molecule has 1 unspecified atom stereocenters. The summed E-state index contributed by atoms with van der Waals surface area (Å²) in [7, 11) is 0. The summed E-state index contributed by atoms with van der Waals surface area (Å²) in [5, 5.41) is 0. The van der Waals surface area contributed by atoms with Crippen molar-refractivity contribution in [3.05, 3.63) is 29.8 Å². The van der Waals surface area contributed by atoms with Gasteiger partial charge in [-0.25, -0.2) is 0 Å². The second kappa shape index (κ2) is 7.35. The predicted molar refractivity (Wildman–Crippen MR) is 66.0 cm³/mol. The summed E-state index contributed by atoms with van der Waals surface area (Å²) in [4.78, 5) is 0. The molecule has 0 amide bonds. The SMILES string of the molecule is CCOC(CN)CCOc1ccccc1C(F)(F)F. The van der Waals surface area contributed by atoms with E-state index in [1.54, 1.807) is 0 Å². The maximum Gasteiger partial charge on any atom is 0.419 e. The van der Waals surface area contributed by atoms with Crippen LogP contribution >= 0.6 is 0 Å². The average molecular weight is 277 g/mol. The lowest BCUT2D eigenvalue weighted by Crippen LogP contribution is -2.26. The maximum atomic E-state index is 12.7. The zero-order chi connectivity index (χ0) is 14.3. The van der Waals surface area contributed by atoms with Gasteiger partial charge in [-0.05, 0) is 19.1 Å². The van der Waals surface area contributed by atoms with E-state index in [4.69, 9.17) is 15.2 Å². The molecular formula is C13H18F3NO2. The van der Waals surface area contributed by atoms with Crippen LogP contribution in [0, 0.1) is 0 Å². The van der Waals surface area contributed by atoms with E-state index in [-0.39, 0.29) is 18.5 Å². The van der Waals surface area contributed by atoms with Gasteiger partial charge in [0.15, 0.2) is 0 Å². The van der Waals surface area contributed by atoms with Crippen molar-refractivity contribution in [3.8, 4) is 5.75 Å². The van der Waals surface area contributed by atoms with Gasteiger partial charge in [0.25, 0.3) is 0 Å². The molecule has 0 aliphatic carbocycles. The van der Waals surface area contributed by atoms with Crippen molar-refractivity contribution >= 4 is 0 Å². The molecule has 0 heterocycles. The Kier molecular flexibility index (Phi) is 6.11. The van der Waals surface area contributed by atoms with Crippen LogP contribution in [0.25, 0.3) is 0 Å². The molecule has 2 N–H and O–H groups in total. The van der Waals surface area contributed by atoms with Crippen LogP contribution in [0.3, 0.4) is 0 Å². The summed E-state index contributed by atoms with van der Waals surface area (Å²) in [6.45, 7) is 2.80. The van der Waals surface area contributed by atoms with Gasteiger partial charge in [0.1, 0.15) is 5.75 Å². The van der Waals surface area contributed by atoms with Crippen LogP contribution in [0.2, 0.25) is 0 Å². The smallest absolute Gasteiger partial charge is 0.419 e. The first-order valence-corrected chi connectivity index (χ1v) is 6.09. The molecule has 0 aliphatic rings. The standard InChI is InChI=1S/C13H18F3NO2/c1-2-18-10(9-17)7-8-19-12-6-4-3-5-11(12)13(14,15)16/h3-6,10H,2,7-9,17H2,1H3. The minimum Gasteiger partial charge on any atom is -0.493 e. The molecule has 1 aromatic rings. The molecule has 19 heavy (non-hydrogen) atoms. The fourth-order valence-electron chi connectivity index (χ4n) is 1.63. The molecule has 0 aromatic heterocycles. The Morgan fingerprint density at radius 3 is 2.53 bits per heavy atom. The highest BCUT2D eigenvalue weighted by atomic mass is 19.4. The molecule has 108 valence electrons. The van der Waals surface area contributed by atoms with Crippen LogP contribution in [-0.2, 0) is 10.9 Å². The van der Waals surface area contributed by atoms with Crippen molar-refractivity contribution in [2.24, 2.45) is 5.73 Å². The van der Waals surface area contributed by atoms with Gasteiger partial charge >= 0.3 is 6.18 Å². The van der Waals surface area contributed by atoms with Crippen LogP contribution in [0.4, 0.5) is 13.2 Å². The lowest BCUT2D eigenvalue weighted by atomic mass is 10.2. The first kappa shape index (κ1) is 15.8. The Morgan fingerprint density at radius 1 is 1.26 bits per heavy atom. The second-order valence-electron chi connectivity index (χ2n) is 3.94. The summed E-state index contributed by atoms with van der Waals surface area (Å²) in [6.07, 6.45) is -4.15. The molecule has 6 heteroatoms. The topological polar surface area (TPSA) is 44.5 Å². The highest BCUT2D eigenvalue weighted by Gasteiger charge is 2.33. The number of hydrogen-bond acceptors (Lipinski definition) is 3. The third kappa shape index (κ3) is 5.08. The Morgan fingerprint density at radius 2 is 1.95 bits per heavy atom. The molecule has 0 saturated carbocycles. The van der Waals surface area contributed by atoms with Crippen LogP contribution in [-0.4, -0.2) is 25.9 Å². The summed E-state index contributed by atoms with van der Waals surface area (Å²) in [6, 6.07) is 5.14. The first-order valence-electron chi connectivity index (χ1n) is 6.09. The first-order chi connectivity index (χ1) is 8.99. The monoisotopic (exact) mass is 277 g/mol. The van der Waals surface area contributed by atoms with Gasteiger partial charge in [0.2, 0.25) is 0 Å². The van der Waals surface area contributed by atoms with Crippen molar-refractivity contribution < 1.29 is 22.6 Å². The molecule has 0 aliphatic heterocycles. The van der Waals surface area contributed by atoms with Gasteiger partial charge in [-0.1, -0.05) is 12.1 Å². The Labute approximate surface area is 110 Å². The van der Waals surface area contributed by atoms with E-state index in [0.29, 0.717) is 19.6 Å². The molecule has 0 saturated heterocycles. The number of hydrogen-bond donors (Lipinski definition) is 1. The summed E-state index contributed by atoms with van der Waals surface area (Å²) in [5.41, 5.74) is 4.71. The number of nitrogens with two attached hydrogens (primary N) is 1. The second-order valence-corrected chi connectivity index (χ2v) is 3.94. The van der Waals surface area contributed by atoms with Gasteiger partial charge in [-0.2, -0.15) is 13.2 Å². The zero-order valence-electron chi connectivity index (χ0n) is 10.7. The number of para-hydroxylation sites is 1. The molecule has 0 spiro atoms. The number of halogens is 3. The van der Waals surface area contributed by atoms with Crippen molar-refractivity contribution in [1.82, 2.24) is 0 Å². The van der Waals surface area contributed by atoms with Gasteiger partial charge in [0, 0.05) is 19.6 Å². The maximum absolute atomic E-state index is 12.7. The molecular weight excluding hydrogens is 259 g/mol. The lowest BCUT2D eigenvalue weighted by molar-refractivity contribution is -0.139. The highest BCUT2D eigenvalue weighted by Crippen LogP contribution is 2.35. The molecule has 3 nitrogen and oxygen atoms in total. The van der Waals surface area contributed by atoms with Crippen molar-refractivity contribution in [2.75, 3.05) is 19.8 Å². The minimum atomic E-state index is -4.41. The molecule has 1 aromatic carbocycles. The third-order valence-corrected chi connectivity index (χ3v) is 2.56. The van der Waals surface area contributed by atoms with Crippen LogP contribution in [0.15, 0.2) is 24.3 Å². The van der Waals surface area contributed by atoms with E-state index in [9.17, 15) is 13.2 Å². The number of alkyl halides is 3. The van der Waals surface area contributed by atoms with Crippen LogP contribution in [0.5, 0.6) is 5.75 Å². The number of rotatable bonds is 7. The normalized spacial score (nSPS) is 13.3. The summed E-state index contributed by atoms with van der Waals surface area (Å²) < 4.78 is 48.6. The molecule has 1 rings (SSSR count). The fraction of sp³-hybridized carbons (Fsp3) is 0.538. The van der Waals surface area contributed by atoms with Gasteiger partial charge in [-0.15, -0.1) is 0 Å². The predicted octanol–water partition coefficient (Wildman–Crippen LogP) is 2.84. The van der Waals surface area contributed by atoms with Crippen molar-refractivity contribution in [1.29, 1.82) is 0 Å². The van der Waals surface area contributed by atoms with E-state index in [2.05, 4.69) is 0 Å².